The van der Waals surface area contributed by atoms with Gasteiger partial charge in [0, 0.05) is 21.1 Å². The van der Waals surface area contributed by atoms with Crippen LogP contribution in [0.3, 0.4) is 0 Å². The van der Waals surface area contributed by atoms with E-state index in [4.69, 9.17) is 0 Å². The van der Waals surface area contributed by atoms with E-state index in [9.17, 15) is 0 Å². The van der Waals surface area contributed by atoms with Gasteiger partial charge in [0.1, 0.15) is 0 Å². The molecule has 34 valence electrons. The third-order valence-corrected chi connectivity index (χ3v) is 0. The molecule has 1 heteroatoms. The average molecular weight is 240 g/mol. The van der Waals surface area contributed by atoms with Gasteiger partial charge in [-0.25, -0.2) is 0 Å². The topological polar surface area (TPSA) is 0 Å². The van der Waals surface area contributed by atoms with Gasteiger partial charge in [-0.3, -0.25) is 0 Å². The summed E-state index contributed by atoms with van der Waals surface area (Å²) in [4.78, 5) is 0. The van der Waals surface area contributed by atoms with Crippen molar-refractivity contribution < 1.29 is 21.1 Å². The number of rotatable bonds is 0. The molecule has 0 aromatic heterocycles. The second-order valence-corrected chi connectivity index (χ2v) is 0. The molecule has 0 fully saturated rings. The molecule has 0 saturated carbocycles. The first-order valence-corrected chi connectivity index (χ1v) is 0. The summed E-state index contributed by atoms with van der Waals surface area (Å²) in [5.41, 5.74) is 0. The summed E-state index contributed by atoms with van der Waals surface area (Å²) in [7, 11) is 0. The van der Waals surface area contributed by atoms with Crippen molar-refractivity contribution in [3.63, 3.8) is 0 Å². The Balaban J connectivity index is 0. The summed E-state index contributed by atoms with van der Waals surface area (Å²) in [6, 6.07) is 0. The summed E-state index contributed by atoms with van der Waals surface area (Å²) >= 11 is 0. The molecule has 0 nitrogen and oxygen atoms in total. The van der Waals surface area contributed by atoms with E-state index in [1.54, 1.807) is 0 Å². The molecule has 0 spiro atoms. The molecule has 0 saturated heterocycles. The van der Waals surface area contributed by atoms with Gasteiger partial charge in [0.05, 0.1) is 0 Å². The predicted octanol–water partition coefficient (Wildman–Crippen LogP) is 1.35. The maximum absolute atomic E-state index is 0. The maximum Gasteiger partial charge on any atom is 0 e. The Morgan fingerprint density at radius 1 is 0.500 bits per heavy atom. The number of hydrogen-bond donors (Lipinski definition) is 0. The van der Waals surface area contributed by atoms with E-state index in [2.05, 4.69) is 0 Å². The largest absolute Gasteiger partial charge is 0.358 e. The fraction of sp³-hybridized carbons (Fsp3) is 0. The van der Waals surface area contributed by atoms with Crippen LogP contribution in [-0.4, -0.2) is 0 Å². The molecule has 0 atom stereocenters. The Kier molecular flexibility index (Phi) is 1890. The van der Waals surface area contributed by atoms with Crippen LogP contribution in [0.25, 0.3) is 0 Å². The Bertz CT molecular complexity index is 3.25. The molecule has 0 radical (unpaired) electrons. The molecule has 0 heterocycles. The van der Waals surface area contributed by atoms with Gasteiger partial charge in [0.25, 0.3) is 0 Å². The van der Waals surface area contributed by atoms with E-state index >= 15 is 0 Å². The first kappa shape index (κ1) is 135. The number of hydrogen-bond acceptors (Lipinski definition) is 0. The van der Waals surface area contributed by atoms with Crippen LogP contribution in [0.5, 0.6) is 0 Å². The first-order chi connectivity index (χ1) is 0. The average Bonchev–Trinajstić information content (AvgIpc) is 0. The van der Waals surface area contributed by atoms with Crippen LogP contribution in [0.2, 0.25) is 0 Å². The van der Waals surface area contributed by atoms with Crippen LogP contribution >= 0.6 is 0 Å². The standard InChI is InChI=1S/3CH3.Pt/h3*1H3;/q3*-1;. The van der Waals surface area contributed by atoms with Crippen molar-refractivity contribution in [2.75, 3.05) is 0 Å². The van der Waals surface area contributed by atoms with Crippen LogP contribution in [0.1, 0.15) is 0 Å². The minimum absolute atomic E-state index is 0. The van der Waals surface area contributed by atoms with E-state index in [-0.39, 0.29) is 43.3 Å². The summed E-state index contributed by atoms with van der Waals surface area (Å²) in [5, 5.41) is 0. The third kappa shape index (κ3) is 16.2. The molecule has 0 unspecified atom stereocenters. The summed E-state index contributed by atoms with van der Waals surface area (Å²) in [6.45, 7) is 0. The van der Waals surface area contributed by atoms with Crippen molar-refractivity contribution in [3.05, 3.63) is 22.3 Å². The normalized spacial score (nSPS) is 0. The molecule has 0 aliphatic heterocycles. The van der Waals surface area contributed by atoms with Crippen LogP contribution in [-0.2, 0) is 21.1 Å². The van der Waals surface area contributed by atoms with Crippen LogP contribution in [0.4, 0.5) is 0 Å². The van der Waals surface area contributed by atoms with E-state index in [0.717, 1.165) is 0 Å². The van der Waals surface area contributed by atoms with Crippen molar-refractivity contribution >= 4 is 0 Å². The van der Waals surface area contributed by atoms with Crippen molar-refractivity contribution in [2.45, 2.75) is 0 Å². The molecular weight excluding hydrogens is 231 g/mol. The molecule has 0 aromatic carbocycles. The van der Waals surface area contributed by atoms with E-state index in [0.29, 0.717) is 0 Å². The first-order valence-electron chi connectivity index (χ1n) is 0. The smallest absolute Gasteiger partial charge is 0 e. The van der Waals surface area contributed by atoms with Gasteiger partial charge in [-0.1, -0.05) is 0 Å². The van der Waals surface area contributed by atoms with Crippen LogP contribution in [0, 0.1) is 22.3 Å². The van der Waals surface area contributed by atoms with Gasteiger partial charge >= 0.3 is 0 Å². The Morgan fingerprint density at radius 3 is 0.500 bits per heavy atom. The zero-order valence-corrected chi connectivity index (χ0v) is 5.59. The molecule has 4 heavy (non-hydrogen) atoms. The van der Waals surface area contributed by atoms with E-state index in [1.165, 1.54) is 0 Å². The van der Waals surface area contributed by atoms with Gasteiger partial charge in [0.2, 0.25) is 0 Å². The Labute approximate surface area is 43.9 Å². The van der Waals surface area contributed by atoms with Crippen molar-refractivity contribution in [1.29, 1.82) is 0 Å². The second-order valence-electron chi connectivity index (χ2n) is 0. The van der Waals surface area contributed by atoms with Gasteiger partial charge in [0.15, 0.2) is 0 Å². The maximum atomic E-state index is 0. The van der Waals surface area contributed by atoms with Gasteiger partial charge in [-0.2, -0.15) is 0 Å². The SMILES string of the molecule is [CH3-].[CH3-].[CH3-].[Pt]. The van der Waals surface area contributed by atoms with Gasteiger partial charge in [-0.05, 0) is 0 Å². The van der Waals surface area contributed by atoms with Crippen LogP contribution in [0.15, 0.2) is 0 Å². The monoisotopic (exact) mass is 240 g/mol. The van der Waals surface area contributed by atoms with Gasteiger partial charge in [-0.15, -0.1) is 0 Å². The summed E-state index contributed by atoms with van der Waals surface area (Å²) in [5.74, 6) is 0. The van der Waals surface area contributed by atoms with Crippen LogP contribution < -0.4 is 0 Å². The molecule has 0 amide bonds. The molecule has 0 rings (SSSR count). The van der Waals surface area contributed by atoms with Crippen molar-refractivity contribution in [2.24, 2.45) is 0 Å². The van der Waals surface area contributed by atoms with E-state index in [1.807, 2.05) is 0 Å². The predicted molar refractivity (Wildman–Crippen MR) is 19.2 cm³/mol. The van der Waals surface area contributed by atoms with E-state index < -0.39 is 0 Å². The fourth-order valence-electron chi connectivity index (χ4n) is 0. The quantitative estimate of drug-likeness (QED) is 0.561. The third-order valence-electron chi connectivity index (χ3n) is 0. The summed E-state index contributed by atoms with van der Waals surface area (Å²) in [6.07, 6.45) is 0. The zero-order chi connectivity index (χ0) is 0. The second kappa shape index (κ2) is 56.3. The van der Waals surface area contributed by atoms with Crippen molar-refractivity contribution in [1.82, 2.24) is 0 Å². The Morgan fingerprint density at radius 2 is 0.500 bits per heavy atom. The molecule has 0 aliphatic rings. The molecule has 0 N–H and O–H groups in total. The van der Waals surface area contributed by atoms with Crippen molar-refractivity contribution in [3.8, 4) is 0 Å². The fourth-order valence-corrected chi connectivity index (χ4v) is 0. The minimum Gasteiger partial charge on any atom is -0.358 e. The summed E-state index contributed by atoms with van der Waals surface area (Å²) < 4.78 is 0. The molecular formula is C3H9Pt-3. The molecule has 0 aromatic rings. The Hall–Kier alpha value is 0.688. The zero-order valence-electron chi connectivity index (χ0n) is 3.32. The molecule has 0 bridgehead atoms. The van der Waals surface area contributed by atoms with Gasteiger partial charge < -0.3 is 22.3 Å². The molecule has 0 aliphatic carbocycles. The minimum atomic E-state index is 0.